The Morgan fingerprint density at radius 2 is 1.83 bits per heavy atom. The lowest BCUT2D eigenvalue weighted by molar-refractivity contribution is 0.103. The molecule has 0 aliphatic rings. The lowest BCUT2D eigenvalue weighted by atomic mass is 9.99. The highest BCUT2D eigenvalue weighted by atomic mass is 79.9. The highest BCUT2D eigenvalue weighted by Gasteiger charge is 2.15. The van der Waals surface area contributed by atoms with Crippen molar-refractivity contribution in [3.63, 3.8) is 0 Å². The molecule has 2 rings (SSSR count). The Bertz CT molecular complexity index is 620. The minimum absolute atomic E-state index is 0.0904. The Morgan fingerprint density at radius 1 is 1.11 bits per heavy atom. The van der Waals surface area contributed by atoms with Crippen LogP contribution in [0, 0.1) is 19.7 Å². The zero-order valence-electron chi connectivity index (χ0n) is 10.1. The van der Waals surface area contributed by atoms with E-state index in [-0.39, 0.29) is 11.3 Å². The summed E-state index contributed by atoms with van der Waals surface area (Å²) < 4.78 is 14.2. The van der Waals surface area contributed by atoms with Crippen molar-refractivity contribution in [1.29, 1.82) is 0 Å². The number of rotatable bonds is 2. The van der Waals surface area contributed by atoms with E-state index < -0.39 is 5.82 Å². The molecule has 0 saturated heterocycles. The third kappa shape index (κ3) is 2.36. The molecule has 1 nitrogen and oxygen atoms in total. The van der Waals surface area contributed by atoms with Crippen LogP contribution in [0.3, 0.4) is 0 Å². The molecule has 2 aromatic rings. The normalized spacial score (nSPS) is 10.4. The fraction of sp³-hybridized carbons (Fsp3) is 0.133. The molecule has 18 heavy (non-hydrogen) atoms. The summed E-state index contributed by atoms with van der Waals surface area (Å²) in [4.78, 5) is 12.2. The van der Waals surface area contributed by atoms with Crippen molar-refractivity contribution in [3.8, 4) is 0 Å². The molecule has 0 atom stereocenters. The average molecular weight is 307 g/mol. The first kappa shape index (κ1) is 13.0. The molecule has 3 heteroatoms. The molecule has 0 heterocycles. The van der Waals surface area contributed by atoms with Crippen LogP contribution >= 0.6 is 15.9 Å². The maximum Gasteiger partial charge on any atom is 0.196 e. The van der Waals surface area contributed by atoms with Crippen molar-refractivity contribution in [2.45, 2.75) is 13.8 Å². The monoisotopic (exact) mass is 306 g/mol. The van der Waals surface area contributed by atoms with Crippen LogP contribution in [0.15, 0.2) is 40.9 Å². The maximum absolute atomic E-state index is 13.8. The zero-order chi connectivity index (χ0) is 13.3. The smallest absolute Gasteiger partial charge is 0.196 e. The first-order valence-corrected chi connectivity index (χ1v) is 6.36. The Balaban J connectivity index is 2.48. The van der Waals surface area contributed by atoms with Crippen molar-refractivity contribution in [1.82, 2.24) is 0 Å². The van der Waals surface area contributed by atoms with Crippen molar-refractivity contribution < 1.29 is 9.18 Å². The number of carbonyl (C=O) groups is 1. The Kier molecular flexibility index (Phi) is 3.62. The topological polar surface area (TPSA) is 17.1 Å². The number of halogens is 2. The summed E-state index contributed by atoms with van der Waals surface area (Å²) in [5.41, 5.74) is 2.74. The van der Waals surface area contributed by atoms with Crippen molar-refractivity contribution in [2.75, 3.05) is 0 Å². The molecule has 0 radical (unpaired) electrons. The van der Waals surface area contributed by atoms with Crippen molar-refractivity contribution >= 4 is 21.7 Å². The summed E-state index contributed by atoms with van der Waals surface area (Å²) in [5, 5.41) is 0. The maximum atomic E-state index is 13.8. The Labute approximate surface area is 114 Å². The van der Waals surface area contributed by atoms with Gasteiger partial charge >= 0.3 is 0 Å². The standard InChI is InChI=1S/C15H12BrFO/c1-9-6-7-11(8-10(9)2)15(18)12-4-3-5-13(16)14(12)17/h3-8H,1-2H3. The van der Waals surface area contributed by atoms with Gasteiger partial charge in [-0.15, -0.1) is 0 Å². The van der Waals surface area contributed by atoms with E-state index in [1.165, 1.54) is 6.07 Å². The molecular formula is C15H12BrFO. The predicted molar refractivity (Wildman–Crippen MR) is 73.4 cm³/mol. The van der Waals surface area contributed by atoms with E-state index in [4.69, 9.17) is 0 Å². The minimum Gasteiger partial charge on any atom is -0.288 e. The minimum atomic E-state index is -0.513. The lowest BCUT2D eigenvalue weighted by Gasteiger charge is -2.06. The predicted octanol–water partition coefficient (Wildman–Crippen LogP) is 4.44. The third-order valence-electron chi connectivity index (χ3n) is 2.97. The molecule has 0 spiro atoms. The molecule has 0 aromatic heterocycles. The Hall–Kier alpha value is -1.48. The van der Waals surface area contributed by atoms with Crippen LogP contribution in [-0.2, 0) is 0 Å². The van der Waals surface area contributed by atoms with Crippen LogP contribution in [0.4, 0.5) is 4.39 Å². The molecular weight excluding hydrogens is 295 g/mol. The number of ketones is 1. The largest absolute Gasteiger partial charge is 0.288 e. The van der Waals surface area contributed by atoms with E-state index >= 15 is 0 Å². The van der Waals surface area contributed by atoms with E-state index in [2.05, 4.69) is 15.9 Å². The first-order valence-electron chi connectivity index (χ1n) is 5.56. The van der Waals surface area contributed by atoms with Gasteiger partial charge in [0.25, 0.3) is 0 Å². The molecule has 0 N–H and O–H groups in total. The van der Waals surface area contributed by atoms with Gasteiger partial charge in [0, 0.05) is 5.56 Å². The van der Waals surface area contributed by atoms with Gasteiger partial charge in [-0.2, -0.15) is 0 Å². The number of aryl methyl sites for hydroxylation is 2. The fourth-order valence-corrected chi connectivity index (χ4v) is 2.08. The summed E-state index contributed by atoms with van der Waals surface area (Å²) in [6.07, 6.45) is 0. The molecule has 0 aliphatic carbocycles. The van der Waals surface area contributed by atoms with Crippen LogP contribution in [0.5, 0.6) is 0 Å². The second kappa shape index (κ2) is 5.02. The van der Waals surface area contributed by atoms with E-state index in [0.717, 1.165) is 11.1 Å². The molecule has 0 bridgehead atoms. The fourth-order valence-electron chi connectivity index (χ4n) is 1.72. The summed E-state index contributed by atoms with van der Waals surface area (Å²) in [6.45, 7) is 3.91. The summed E-state index contributed by atoms with van der Waals surface area (Å²) >= 11 is 3.09. The van der Waals surface area contributed by atoms with Crippen molar-refractivity contribution in [2.24, 2.45) is 0 Å². The van der Waals surface area contributed by atoms with Gasteiger partial charge in [-0.3, -0.25) is 4.79 Å². The molecule has 92 valence electrons. The zero-order valence-corrected chi connectivity index (χ0v) is 11.7. The van der Waals surface area contributed by atoms with Gasteiger partial charge in [-0.1, -0.05) is 18.2 Å². The van der Waals surface area contributed by atoms with Gasteiger partial charge in [-0.25, -0.2) is 4.39 Å². The second-order valence-electron chi connectivity index (χ2n) is 4.23. The van der Waals surface area contributed by atoms with E-state index in [0.29, 0.717) is 10.0 Å². The second-order valence-corrected chi connectivity index (χ2v) is 5.08. The summed E-state index contributed by atoms with van der Waals surface area (Å²) in [7, 11) is 0. The SMILES string of the molecule is Cc1ccc(C(=O)c2cccc(Br)c2F)cc1C. The van der Waals surface area contributed by atoms with E-state index in [1.807, 2.05) is 19.9 Å². The van der Waals surface area contributed by atoms with Gasteiger partial charge < -0.3 is 0 Å². The van der Waals surface area contributed by atoms with Crippen LogP contribution in [-0.4, -0.2) is 5.78 Å². The first-order chi connectivity index (χ1) is 8.50. The summed E-state index contributed by atoms with van der Waals surface area (Å²) in [5.74, 6) is -0.808. The van der Waals surface area contributed by atoms with E-state index in [9.17, 15) is 9.18 Å². The summed E-state index contributed by atoms with van der Waals surface area (Å²) in [6, 6.07) is 10.1. The van der Waals surface area contributed by atoms with Crippen LogP contribution in [0.25, 0.3) is 0 Å². The van der Waals surface area contributed by atoms with Gasteiger partial charge in [0.05, 0.1) is 10.0 Å². The van der Waals surface area contributed by atoms with Gasteiger partial charge in [0.1, 0.15) is 5.82 Å². The number of hydrogen-bond donors (Lipinski definition) is 0. The number of hydrogen-bond acceptors (Lipinski definition) is 1. The highest BCUT2D eigenvalue weighted by Crippen LogP contribution is 2.22. The lowest BCUT2D eigenvalue weighted by Crippen LogP contribution is -2.05. The van der Waals surface area contributed by atoms with Crippen LogP contribution in [0.2, 0.25) is 0 Å². The molecule has 0 fully saturated rings. The molecule has 0 saturated carbocycles. The molecule has 0 unspecified atom stereocenters. The van der Waals surface area contributed by atoms with E-state index in [1.54, 1.807) is 24.3 Å². The van der Waals surface area contributed by atoms with Gasteiger partial charge in [0.15, 0.2) is 5.78 Å². The molecule has 0 aliphatic heterocycles. The molecule has 2 aromatic carbocycles. The number of benzene rings is 2. The van der Waals surface area contributed by atoms with Crippen LogP contribution < -0.4 is 0 Å². The third-order valence-corrected chi connectivity index (χ3v) is 3.58. The van der Waals surface area contributed by atoms with Crippen LogP contribution in [0.1, 0.15) is 27.0 Å². The number of carbonyl (C=O) groups excluding carboxylic acids is 1. The highest BCUT2D eigenvalue weighted by molar-refractivity contribution is 9.10. The Morgan fingerprint density at radius 3 is 2.50 bits per heavy atom. The molecule has 0 amide bonds. The van der Waals surface area contributed by atoms with Crippen molar-refractivity contribution in [3.05, 3.63) is 68.9 Å². The van der Waals surface area contributed by atoms with Gasteiger partial charge in [-0.05, 0) is 59.1 Å². The average Bonchev–Trinajstić information content (AvgIpc) is 2.35. The quantitative estimate of drug-likeness (QED) is 0.750. The van der Waals surface area contributed by atoms with Gasteiger partial charge in [0.2, 0.25) is 0 Å².